The van der Waals surface area contributed by atoms with Crippen LogP contribution in [0.3, 0.4) is 0 Å². The SMILES string of the molecule is CC(N1C(=O)/C(=C\c2cc3cc4c5c(c3oc2=O)C(C)(C)CCN5CCC4(C)C)OC1=S)S(=O)(=O)O. The lowest BCUT2D eigenvalue weighted by atomic mass is 9.69. The second kappa shape index (κ2) is 7.87. The van der Waals surface area contributed by atoms with Crippen LogP contribution in [-0.2, 0) is 30.5 Å². The Morgan fingerprint density at radius 1 is 1.11 bits per heavy atom. The molecule has 192 valence electrons. The third kappa shape index (κ3) is 3.75. The van der Waals surface area contributed by atoms with Gasteiger partial charge in [0.05, 0.1) is 5.56 Å². The molecule has 4 heterocycles. The normalized spacial score (nSPS) is 22.7. The maximum absolute atomic E-state index is 13.1. The van der Waals surface area contributed by atoms with Gasteiger partial charge in [0.1, 0.15) is 5.58 Å². The highest BCUT2D eigenvalue weighted by Gasteiger charge is 2.43. The Bertz CT molecular complexity index is 1530. The highest BCUT2D eigenvalue weighted by molar-refractivity contribution is 7.86. The fourth-order valence-electron chi connectivity index (χ4n) is 5.34. The zero-order valence-corrected chi connectivity index (χ0v) is 22.4. The predicted molar refractivity (Wildman–Crippen MR) is 139 cm³/mol. The molecule has 1 aromatic carbocycles. The first-order valence-corrected chi connectivity index (χ1v) is 13.7. The van der Waals surface area contributed by atoms with Crippen molar-refractivity contribution in [2.24, 2.45) is 0 Å². The second-order valence-electron chi connectivity index (χ2n) is 11.0. The van der Waals surface area contributed by atoms with E-state index in [1.54, 1.807) is 6.07 Å². The van der Waals surface area contributed by atoms with E-state index in [-0.39, 0.29) is 22.2 Å². The summed E-state index contributed by atoms with van der Waals surface area (Å²) in [6, 6.07) is 3.72. The third-order valence-corrected chi connectivity index (χ3v) is 9.02. The minimum atomic E-state index is -4.60. The van der Waals surface area contributed by atoms with E-state index in [0.717, 1.165) is 49.5 Å². The fraction of sp³-hybridized carbons (Fsp3) is 0.480. The zero-order chi connectivity index (χ0) is 26.4. The summed E-state index contributed by atoms with van der Waals surface area (Å²) in [5.74, 6) is -1.20. The monoisotopic (exact) mass is 532 g/mol. The molecule has 3 aliphatic rings. The number of carbonyl (C=O) groups is 1. The summed E-state index contributed by atoms with van der Waals surface area (Å²) in [4.78, 5) is 28.9. The number of nitrogens with zero attached hydrogens (tertiary/aromatic N) is 2. The third-order valence-electron chi connectivity index (χ3n) is 7.66. The van der Waals surface area contributed by atoms with E-state index in [1.165, 1.54) is 11.6 Å². The maximum Gasteiger partial charge on any atom is 0.343 e. The molecule has 36 heavy (non-hydrogen) atoms. The van der Waals surface area contributed by atoms with E-state index in [4.69, 9.17) is 21.4 Å². The number of rotatable bonds is 3. The van der Waals surface area contributed by atoms with Crippen molar-refractivity contribution in [1.29, 1.82) is 0 Å². The van der Waals surface area contributed by atoms with Crippen LogP contribution in [0.5, 0.6) is 0 Å². The van der Waals surface area contributed by atoms with Gasteiger partial charge in [-0.1, -0.05) is 27.7 Å². The maximum atomic E-state index is 13.1. The Kier molecular flexibility index (Phi) is 5.44. The Labute approximate surface area is 214 Å². The molecule has 1 saturated heterocycles. The van der Waals surface area contributed by atoms with Gasteiger partial charge in [-0.05, 0) is 60.5 Å². The summed E-state index contributed by atoms with van der Waals surface area (Å²) >= 11 is 4.99. The number of anilines is 1. The van der Waals surface area contributed by atoms with Gasteiger partial charge in [0.15, 0.2) is 11.1 Å². The lowest BCUT2D eigenvalue weighted by Crippen LogP contribution is -2.44. The molecule has 1 unspecified atom stereocenters. The number of fused-ring (bicyclic) bond motifs is 2. The van der Waals surface area contributed by atoms with E-state index in [2.05, 4.69) is 38.7 Å². The van der Waals surface area contributed by atoms with Gasteiger partial charge in [-0.2, -0.15) is 8.42 Å². The number of hydrogen-bond acceptors (Lipinski definition) is 8. The predicted octanol–water partition coefficient (Wildman–Crippen LogP) is 3.68. The average molecular weight is 533 g/mol. The molecule has 1 aromatic heterocycles. The first-order valence-electron chi connectivity index (χ1n) is 11.8. The molecule has 0 aliphatic carbocycles. The van der Waals surface area contributed by atoms with Crippen LogP contribution in [0, 0.1) is 0 Å². The van der Waals surface area contributed by atoms with Gasteiger partial charge in [0.25, 0.3) is 21.2 Å². The number of carbonyl (C=O) groups excluding carboxylic acids is 1. The topological polar surface area (TPSA) is 117 Å². The van der Waals surface area contributed by atoms with Gasteiger partial charge in [0.2, 0.25) is 0 Å². The molecule has 9 nitrogen and oxygen atoms in total. The molecule has 1 atom stereocenters. The molecular weight excluding hydrogens is 504 g/mol. The average Bonchev–Trinajstić information content (AvgIpc) is 3.03. The minimum Gasteiger partial charge on any atom is -0.425 e. The van der Waals surface area contributed by atoms with E-state index in [1.807, 2.05) is 0 Å². The highest BCUT2D eigenvalue weighted by Crippen LogP contribution is 2.51. The number of benzene rings is 1. The molecule has 0 saturated carbocycles. The summed E-state index contributed by atoms with van der Waals surface area (Å²) in [5, 5.41) is -1.33. The first kappa shape index (κ1) is 24.9. The van der Waals surface area contributed by atoms with Crippen LogP contribution >= 0.6 is 12.2 Å². The number of ether oxygens (including phenoxy) is 1. The molecule has 0 spiro atoms. The van der Waals surface area contributed by atoms with Gasteiger partial charge >= 0.3 is 5.63 Å². The molecule has 1 fully saturated rings. The van der Waals surface area contributed by atoms with Gasteiger partial charge in [-0.25, -0.2) is 9.69 Å². The molecule has 2 aromatic rings. The van der Waals surface area contributed by atoms with Crippen molar-refractivity contribution in [3.8, 4) is 0 Å². The van der Waals surface area contributed by atoms with Crippen LogP contribution in [0.4, 0.5) is 5.69 Å². The lowest BCUT2D eigenvalue weighted by molar-refractivity contribution is -0.123. The zero-order valence-electron chi connectivity index (χ0n) is 20.7. The van der Waals surface area contributed by atoms with Gasteiger partial charge in [-0.3, -0.25) is 9.35 Å². The Morgan fingerprint density at radius 3 is 2.39 bits per heavy atom. The molecular formula is C25H28N2O7S2. The Morgan fingerprint density at radius 2 is 1.75 bits per heavy atom. The fourth-order valence-corrected chi connectivity index (χ4v) is 6.19. The van der Waals surface area contributed by atoms with E-state index in [9.17, 15) is 22.6 Å². The minimum absolute atomic E-state index is 0.0693. The molecule has 5 rings (SSSR count). The van der Waals surface area contributed by atoms with Crippen LogP contribution in [0.2, 0.25) is 0 Å². The first-order chi connectivity index (χ1) is 16.6. The van der Waals surface area contributed by atoms with Gasteiger partial charge in [-0.15, -0.1) is 0 Å². The molecule has 0 bridgehead atoms. The van der Waals surface area contributed by atoms with Crippen molar-refractivity contribution in [3.63, 3.8) is 0 Å². The summed E-state index contributed by atoms with van der Waals surface area (Å²) in [7, 11) is -4.60. The molecule has 1 N–H and O–H groups in total. The Balaban J connectivity index is 1.68. The van der Waals surface area contributed by atoms with Crippen LogP contribution in [0.25, 0.3) is 17.0 Å². The second-order valence-corrected chi connectivity index (χ2v) is 13.0. The van der Waals surface area contributed by atoms with Crippen molar-refractivity contribution in [2.75, 3.05) is 18.0 Å². The largest absolute Gasteiger partial charge is 0.425 e. The number of amides is 1. The molecule has 1 amide bonds. The van der Waals surface area contributed by atoms with E-state index < -0.39 is 32.2 Å². The van der Waals surface area contributed by atoms with Crippen LogP contribution < -0.4 is 10.5 Å². The van der Waals surface area contributed by atoms with Gasteiger partial charge < -0.3 is 14.1 Å². The van der Waals surface area contributed by atoms with Crippen molar-refractivity contribution in [1.82, 2.24) is 4.90 Å². The van der Waals surface area contributed by atoms with E-state index in [0.29, 0.717) is 10.5 Å². The van der Waals surface area contributed by atoms with Crippen molar-refractivity contribution >= 4 is 56.2 Å². The highest BCUT2D eigenvalue weighted by atomic mass is 32.2. The summed E-state index contributed by atoms with van der Waals surface area (Å²) in [6.45, 7) is 11.7. The molecule has 11 heteroatoms. The number of thiocarbonyl (C=S) groups is 1. The summed E-state index contributed by atoms with van der Waals surface area (Å²) in [5.41, 5.74) is 3.04. The van der Waals surface area contributed by atoms with Crippen LogP contribution in [0.1, 0.15) is 64.2 Å². The quantitative estimate of drug-likeness (QED) is 0.273. The number of hydrogen-bond donors (Lipinski definition) is 1. The standard InChI is InChI=1S/C25H28N2O7S2/c1-13(36(30,31)32)27-21(28)17(33-23(27)35)12-15-10-14-11-16-19-18(20(14)34-22(15)29)25(4,5)7-9-26(19)8-6-24(16,2)3/h10-13H,6-9H2,1-5H3,(H,30,31,32)/b17-12+. The van der Waals surface area contributed by atoms with Crippen molar-refractivity contribution < 1.29 is 26.9 Å². The smallest absolute Gasteiger partial charge is 0.343 e. The van der Waals surface area contributed by atoms with Gasteiger partial charge in [0, 0.05) is 35.8 Å². The lowest BCUT2D eigenvalue weighted by Gasteiger charge is -2.48. The molecule has 0 radical (unpaired) electrons. The van der Waals surface area contributed by atoms with Crippen molar-refractivity contribution in [2.45, 2.75) is 63.7 Å². The van der Waals surface area contributed by atoms with E-state index >= 15 is 0 Å². The Hall–Kier alpha value is -2.76. The van der Waals surface area contributed by atoms with Crippen LogP contribution in [0.15, 0.2) is 27.1 Å². The summed E-state index contributed by atoms with van der Waals surface area (Å²) in [6.07, 6.45) is 3.13. The van der Waals surface area contributed by atoms with Crippen LogP contribution in [-0.4, -0.2) is 47.4 Å². The summed E-state index contributed by atoms with van der Waals surface area (Å²) < 4.78 is 43.6. The van der Waals surface area contributed by atoms with Crippen molar-refractivity contribution in [3.05, 3.63) is 45.0 Å². The molecule has 3 aliphatic heterocycles.